The highest BCUT2D eigenvalue weighted by Crippen LogP contribution is 2.32. The highest BCUT2D eigenvalue weighted by Gasteiger charge is 2.24. The maximum Gasteiger partial charge on any atom is 0.128 e. The minimum absolute atomic E-state index is 0.388. The van der Waals surface area contributed by atoms with Crippen LogP contribution in [0.5, 0.6) is 0 Å². The van der Waals surface area contributed by atoms with E-state index in [2.05, 4.69) is 66.8 Å². The summed E-state index contributed by atoms with van der Waals surface area (Å²) in [6, 6.07) is 4.75. The van der Waals surface area contributed by atoms with Crippen LogP contribution in [0, 0.1) is 0 Å². The van der Waals surface area contributed by atoms with Gasteiger partial charge in [-0.2, -0.15) is 11.8 Å². The number of hydrogen-bond acceptors (Lipinski definition) is 4. The van der Waals surface area contributed by atoms with Gasteiger partial charge in [0, 0.05) is 35.8 Å². The predicted octanol–water partition coefficient (Wildman–Crippen LogP) is 3.47. The van der Waals surface area contributed by atoms with Crippen molar-refractivity contribution in [3.05, 3.63) is 23.9 Å². The lowest BCUT2D eigenvalue weighted by atomic mass is 10.1. The fourth-order valence-corrected chi connectivity index (χ4v) is 3.65. The molecular weight excluding hydrogens is 266 g/mol. The molecule has 112 valence electrons. The maximum atomic E-state index is 4.58. The molecule has 1 aliphatic rings. The smallest absolute Gasteiger partial charge is 0.128 e. The number of nitrogens with zero attached hydrogens (tertiary/aromatic N) is 2. The average molecular weight is 293 g/mol. The molecule has 1 N–H and O–H groups in total. The molecule has 1 fully saturated rings. The summed E-state index contributed by atoms with van der Waals surface area (Å²) in [4.78, 5) is 7.02. The fraction of sp³-hybridized carbons (Fsp3) is 0.688. The first-order valence-electron chi connectivity index (χ1n) is 7.60. The summed E-state index contributed by atoms with van der Waals surface area (Å²) in [5, 5.41) is 3.47. The zero-order valence-corrected chi connectivity index (χ0v) is 14.0. The van der Waals surface area contributed by atoms with Crippen molar-refractivity contribution in [2.24, 2.45) is 0 Å². The first kappa shape index (κ1) is 15.6. The first-order valence-corrected chi connectivity index (χ1v) is 8.58. The lowest BCUT2D eigenvalue weighted by molar-refractivity contribution is 0.596. The first-order chi connectivity index (χ1) is 9.52. The SMILES string of the molecule is CCNC(C)c1ccnc(N2CCSC(C)(C)CC2)c1. The third-order valence-corrected chi connectivity index (χ3v) is 5.31. The summed E-state index contributed by atoms with van der Waals surface area (Å²) in [6.45, 7) is 12.2. The van der Waals surface area contributed by atoms with E-state index < -0.39 is 0 Å². The van der Waals surface area contributed by atoms with Gasteiger partial charge in [-0.15, -0.1) is 0 Å². The number of hydrogen-bond donors (Lipinski definition) is 1. The lowest BCUT2D eigenvalue weighted by Gasteiger charge is -2.24. The molecule has 0 amide bonds. The quantitative estimate of drug-likeness (QED) is 0.920. The molecule has 0 bridgehead atoms. The van der Waals surface area contributed by atoms with E-state index in [0.29, 0.717) is 10.8 Å². The van der Waals surface area contributed by atoms with Gasteiger partial charge in [-0.05, 0) is 37.6 Å². The summed E-state index contributed by atoms with van der Waals surface area (Å²) >= 11 is 2.08. The van der Waals surface area contributed by atoms with E-state index in [9.17, 15) is 0 Å². The molecule has 4 heteroatoms. The van der Waals surface area contributed by atoms with Crippen molar-refractivity contribution in [1.29, 1.82) is 0 Å². The zero-order valence-electron chi connectivity index (χ0n) is 13.1. The molecule has 1 saturated heterocycles. The van der Waals surface area contributed by atoms with E-state index in [1.165, 1.54) is 17.7 Å². The van der Waals surface area contributed by atoms with E-state index in [-0.39, 0.29) is 0 Å². The van der Waals surface area contributed by atoms with Crippen LogP contribution in [0.25, 0.3) is 0 Å². The molecular formula is C16H27N3S. The molecule has 0 spiro atoms. The van der Waals surface area contributed by atoms with Gasteiger partial charge in [0.2, 0.25) is 0 Å². The van der Waals surface area contributed by atoms with E-state index in [1.807, 2.05) is 6.20 Å². The Morgan fingerprint density at radius 1 is 1.45 bits per heavy atom. The molecule has 0 radical (unpaired) electrons. The third kappa shape index (κ3) is 4.13. The Bertz CT molecular complexity index is 433. The van der Waals surface area contributed by atoms with Gasteiger partial charge in [0.25, 0.3) is 0 Å². The summed E-state index contributed by atoms with van der Waals surface area (Å²) in [5.41, 5.74) is 1.33. The van der Waals surface area contributed by atoms with Gasteiger partial charge < -0.3 is 10.2 Å². The monoisotopic (exact) mass is 293 g/mol. The van der Waals surface area contributed by atoms with Crippen LogP contribution in [0.2, 0.25) is 0 Å². The molecule has 2 heterocycles. The van der Waals surface area contributed by atoms with Gasteiger partial charge in [-0.1, -0.05) is 20.8 Å². The number of thioether (sulfide) groups is 1. The molecule has 3 nitrogen and oxygen atoms in total. The molecule has 2 rings (SSSR count). The minimum Gasteiger partial charge on any atom is -0.356 e. The van der Waals surface area contributed by atoms with Crippen molar-refractivity contribution in [3.63, 3.8) is 0 Å². The van der Waals surface area contributed by atoms with Crippen molar-refractivity contribution in [2.45, 2.75) is 44.9 Å². The predicted molar refractivity (Wildman–Crippen MR) is 89.7 cm³/mol. The Morgan fingerprint density at radius 3 is 3.00 bits per heavy atom. The number of rotatable bonds is 4. The van der Waals surface area contributed by atoms with Crippen LogP contribution < -0.4 is 10.2 Å². The molecule has 0 aliphatic carbocycles. The van der Waals surface area contributed by atoms with Crippen LogP contribution in [-0.2, 0) is 0 Å². The van der Waals surface area contributed by atoms with E-state index in [1.54, 1.807) is 0 Å². The topological polar surface area (TPSA) is 28.2 Å². The van der Waals surface area contributed by atoms with Crippen molar-refractivity contribution >= 4 is 17.6 Å². The zero-order chi connectivity index (χ0) is 14.6. The second-order valence-corrected chi connectivity index (χ2v) is 7.87. The highest BCUT2D eigenvalue weighted by molar-refractivity contribution is 8.00. The van der Waals surface area contributed by atoms with Gasteiger partial charge in [0.05, 0.1) is 0 Å². The molecule has 1 atom stereocenters. The molecule has 20 heavy (non-hydrogen) atoms. The Balaban J connectivity index is 2.10. The largest absolute Gasteiger partial charge is 0.356 e. The van der Waals surface area contributed by atoms with Crippen LogP contribution in [0.15, 0.2) is 18.3 Å². The van der Waals surface area contributed by atoms with E-state index in [4.69, 9.17) is 0 Å². The van der Waals surface area contributed by atoms with Crippen LogP contribution in [0.3, 0.4) is 0 Å². The second-order valence-electron chi connectivity index (χ2n) is 6.07. The number of pyridine rings is 1. The molecule has 1 unspecified atom stereocenters. The second kappa shape index (κ2) is 6.81. The average Bonchev–Trinajstić information content (AvgIpc) is 2.60. The molecule has 1 aromatic rings. The van der Waals surface area contributed by atoms with Gasteiger partial charge >= 0.3 is 0 Å². The van der Waals surface area contributed by atoms with Gasteiger partial charge in [0.15, 0.2) is 0 Å². The van der Waals surface area contributed by atoms with E-state index in [0.717, 1.165) is 25.5 Å². The Morgan fingerprint density at radius 2 is 2.25 bits per heavy atom. The Hall–Kier alpha value is -0.740. The van der Waals surface area contributed by atoms with Crippen LogP contribution in [0.4, 0.5) is 5.82 Å². The van der Waals surface area contributed by atoms with Gasteiger partial charge in [-0.25, -0.2) is 4.98 Å². The van der Waals surface area contributed by atoms with E-state index >= 15 is 0 Å². The molecule has 1 aromatic heterocycles. The van der Waals surface area contributed by atoms with Crippen LogP contribution >= 0.6 is 11.8 Å². The summed E-state index contributed by atoms with van der Waals surface area (Å²) in [5.74, 6) is 2.31. The highest BCUT2D eigenvalue weighted by atomic mass is 32.2. The summed E-state index contributed by atoms with van der Waals surface area (Å²) < 4.78 is 0.392. The normalized spacial score (nSPS) is 20.5. The molecule has 0 saturated carbocycles. The lowest BCUT2D eigenvalue weighted by Crippen LogP contribution is -2.28. The number of nitrogens with one attached hydrogen (secondary N) is 1. The molecule has 1 aliphatic heterocycles. The summed E-state index contributed by atoms with van der Waals surface area (Å²) in [7, 11) is 0. The van der Waals surface area contributed by atoms with Crippen molar-refractivity contribution < 1.29 is 0 Å². The van der Waals surface area contributed by atoms with Crippen molar-refractivity contribution in [2.75, 3.05) is 30.3 Å². The fourth-order valence-electron chi connectivity index (χ4n) is 2.55. The standard InChI is InChI=1S/C16H27N3S/c1-5-17-13(2)14-6-8-18-15(12-14)19-9-7-16(3,4)20-11-10-19/h6,8,12-13,17H,5,7,9-11H2,1-4H3. The van der Waals surface area contributed by atoms with Gasteiger partial charge in [-0.3, -0.25) is 0 Å². The number of aromatic nitrogens is 1. The molecule has 0 aromatic carbocycles. The Kier molecular flexibility index (Phi) is 5.33. The third-order valence-electron chi connectivity index (χ3n) is 3.94. The van der Waals surface area contributed by atoms with Crippen molar-refractivity contribution in [3.8, 4) is 0 Å². The number of anilines is 1. The van der Waals surface area contributed by atoms with Crippen molar-refractivity contribution in [1.82, 2.24) is 10.3 Å². The Labute approximate surface area is 127 Å². The van der Waals surface area contributed by atoms with Gasteiger partial charge in [0.1, 0.15) is 5.82 Å². The van der Waals surface area contributed by atoms with Crippen LogP contribution in [-0.4, -0.2) is 35.1 Å². The maximum absolute atomic E-state index is 4.58. The minimum atomic E-state index is 0.388. The summed E-state index contributed by atoms with van der Waals surface area (Å²) in [6.07, 6.45) is 3.16. The van der Waals surface area contributed by atoms with Crippen LogP contribution in [0.1, 0.15) is 45.7 Å².